The molecular formula is C16H26N2. The maximum atomic E-state index is 6.03. The van der Waals surface area contributed by atoms with Gasteiger partial charge < -0.3 is 5.73 Å². The standard InChI is InChI=1S/C16H26N2/c1-13-7-8-15(11-14(13)2)16(12-17)18-9-5-3-4-6-10-18/h7-8,11,16H,3-6,9-10,12,17H2,1-2H3. The average molecular weight is 246 g/mol. The zero-order chi connectivity index (χ0) is 13.0. The molecule has 1 heterocycles. The molecule has 1 saturated heterocycles. The van der Waals surface area contributed by atoms with Gasteiger partial charge in [0.05, 0.1) is 0 Å². The first-order chi connectivity index (χ1) is 8.72. The molecule has 0 radical (unpaired) electrons. The third kappa shape index (κ3) is 3.12. The minimum absolute atomic E-state index is 0.405. The summed E-state index contributed by atoms with van der Waals surface area (Å²) in [6.45, 7) is 7.49. The van der Waals surface area contributed by atoms with Gasteiger partial charge >= 0.3 is 0 Å². The van der Waals surface area contributed by atoms with Crippen molar-refractivity contribution in [3.8, 4) is 0 Å². The fourth-order valence-corrected chi connectivity index (χ4v) is 2.87. The van der Waals surface area contributed by atoms with Gasteiger partial charge in [-0.1, -0.05) is 31.0 Å². The van der Waals surface area contributed by atoms with E-state index in [9.17, 15) is 0 Å². The van der Waals surface area contributed by atoms with E-state index in [4.69, 9.17) is 5.73 Å². The molecule has 0 saturated carbocycles. The Morgan fingerprint density at radius 3 is 2.28 bits per heavy atom. The maximum absolute atomic E-state index is 6.03. The Morgan fingerprint density at radius 2 is 1.72 bits per heavy atom. The van der Waals surface area contributed by atoms with Crippen molar-refractivity contribution in [1.29, 1.82) is 0 Å². The number of hydrogen-bond donors (Lipinski definition) is 1. The van der Waals surface area contributed by atoms with E-state index in [1.165, 1.54) is 55.5 Å². The van der Waals surface area contributed by atoms with Gasteiger partial charge in [0.1, 0.15) is 0 Å². The molecule has 0 bridgehead atoms. The Kier molecular flexibility index (Phi) is 4.79. The van der Waals surface area contributed by atoms with Crippen LogP contribution in [-0.2, 0) is 0 Å². The van der Waals surface area contributed by atoms with E-state index in [1.807, 2.05) is 0 Å². The van der Waals surface area contributed by atoms with E-state index < -0.39 is 0 Å². The van der Waals surface area contributed by atoms with Gasteiger partial charge in [-0.15, -0.1) is 0 Å². The lowest BCUT2D eigenvalue weighted by Crippen LogP contribution is -2.34. The number of aryl methyl sites for hydroxylation is 2. The van der Waals surface area contributed by atoms with Gasteiger partial charge in [0.15, 0.2) is 0 Å². The molecule has 1 aliphatic rings. The van der Waals surface area contributed by atoms with E-state index in [1.54, 1.807) is 0 Å². The van der Waals surface area contributed by atoms with Crippen molar-refractivity contribution >= 4 is 0 Å². The lowest BCUT2D eigenvalue weighted by molar-refractivity contribution is 0.209. The summed E-state index contributed by atoms with van der Waals surface area (Å²) in [6.07, 6.45) is 5.39. The molecule has 2 nitrogen and oxygen atoms in total. The molecule has 0 aliphatic carbocycles. The number of nitrogens with two attached hydrogens (primary N) is 1. The molecule has 1 aromatic rings. The fourth-order valence-electron chi connectivity index (χ4n) is 2.87. The van der Waals surface area contributed by atoms with Crippen molar-refractivity contribution in [2.75, 3.05) is 19.6 Å². The van der Waals surface area contributed by atoms with Crippen molar-refractivity contribution < 1.29 is 0 Å². The molecule has 2 rings (SSSR count). The number of rotatable bonds is 3. The summed E-state index contributed by atoms with van der Waals surface area (Å²) in [6, 6.07) is 7.20. The minimum atomic E-state index is 0.405. The van der Waals surface area contributed by atoms with Gasteiger partial charge in [-0.3, -0.25) is 4.90 Å². The van der Waals surface area contributed by atoms with Crippen molar-refractivity contribution in [2.45, 2.75) is 45.6 Å². The highest BCUT2D eigenvalue weighted by molar-refractivity contribution is 5.32. The Morgan fingerprint density at radius 1 is 1.06 bits per heavy atom. The second-order valence-corrected chi connectivity index (χ2v) is 5.55. The number of hydrogen-bond acceptors (Lipinski definition) is 2. The summed E-state index contributed by atoms with van der Waals surface area (Å²) in [7, 11) is 0. The van der Waals surface area contributed by atoms with Crippen molar-refractivity contribution in [2.24, 2.45) is 5.73 Å². The van der Waals surface area contributed by atoms with Crippen LogP contribution in [0, 0.1) is 13.8 Å². The van der Waals surface area contributed by atoms with Gasteiger partial charge in [-0.2, -0.15) is 0 Å². The first-order valence-electron chi connectivity index (χ1n) is 7.23. The van der Waals surface area contributed by atoms with Gasteiger partial charge in [0, 0.05) is 12.6 Å². The largest absolute Gasteiger partial charge is 0.329 e. The van der Waals surface area contributed by atoms with Crippen LogP contribution < -0.4 is 5.73 Å². The second-order valence-electron chi connectivity index (χ2n) is 5.55. The normalized spacial score (nSPS) is 19.5. The highest BCUT2D eigenvalue weighted by Gasteiger charge is 2.20. The molecule has 0 aromatic heterocycles. The van der Waals surface area contributed by atoms with Crippen molar-refractivity contribution in [3.05, 3.63) is 34.9 Å². The number of likely N-dealkylation sites (tertiary alicyclic amines) is 1. The van der Waals surface area contributed by atoms with Crippen LogP contribution in [0.25, 0.3) is 0 Å². The Balaban J connectivity index is 2.17. The molecule has 2 heteroatoms. The molecule has 100 valence electrons. The van der Waals surface area contributed by atoms with Gasteiger partial charge in [-0.25, -0.2) is 0 Å². The van der Waals surface area contributed by atoms with E-state index >= 15 is 0 Å². The topological polar surface area (TPSA) is 29.3 Å². The summed E-state index contributed by atoms with van der Waals surface area (Å²) >= 11 is 0. The lowest BCUT2D eigenvalue weighted by atomic mass is 10.00. The minimum Gasteiger partial charge on any atom is -0.329 e. The van der Waals surface area contributed by atoms with Crippen LogP contribution >= 0.6 is 0 Å². The molecule has 0 amide bonds. The number of benzene rings is 1. The summed E-state index contributed by atoms with van der Waals surface area (Å²) < 4.78 is 0. The number of nitrogens with zero attached hydrogens (tertiary/aromatic N) is 1. The second kappa shape index (κ2) is 6.35. The van der Waals surface area contributed by atoms with Gasteiger partial charge in [0.2, 0.25) is 0 Å². The van der Waals surface area contributed by atoms with Gasteiger partial charge in [-0.05, 0) is 56.5 Å². The highest BCUT2D eigenvalue weighted by Crippen LogP contribution is 2.24. The van der Waals surface area contributed by atoms with Crippen LogP contribution in [-0.4, -0.2) is 24.5 Å². The molecule has 1 atom stereocenters. The Labute approximate surface area is 111 Å². The highest BCUT2D eigenvalue weighted by atomic mass is 15.2. The lowest BCUT2D eigenvalue weighted by Gasteiger charge is -2.30. The first-order valence-corrected chi connectivity index (χ1v) is 7.23. The summed E-state index contributed by atoms with van der Waals surface area (Å²) in [5.74, 6) is 0. The summed E-state index contributed by atoms with van der Waals surface area (Å²) in [5, 5.41) is 0. The molecule has 1 fully saturated rings. The summed E-state index contributed by atoms with van der Waals surface area (Å²) in [4.78, 5) is 2.58. The quantitative estimate of drug-likeness (QED) is 0.887. The first kappa shape index (κ1) is 13.6. The van der Waals surface area contributed by atoms with E-state index in [2.05, 4.69) is 36.9 Å². The van der Waals surface area contributed by atoms with Crippen LogP contribution in [0.1, 0.15) is 48.4 Å². The third-order valence-corrected chi connectivity index (χ3v) is 4.22. The Bertz CT molecular complexity index is 379. The SMILES string of the molecule is Cc1ccc(C(CN)N2CCCCCC2)cc1C. The Hall–Kier alpha value is -0.860. The zero-order valence-electron chi connectivity index (χ0n) is 11.8. The van der Waals surface area contributed by atoms with E-state index in [0.29, 0.717) is 6.04 Å². The third-order valence-electron chi connectivity index (χ3n) is 4.22. The molecule has 1 unspecified atom stereocenters. The van der Waals surface area contributed by atoms with Crippen LogP contribution in [0.4, 0.5) is 0 Å². The predicted molar refractivity (Wildman–Crippen MR) is 77.8 cm³/mol. The van der Waals surface area contributed by atoms with Crippen LogP contribution in [0.5, 0.6) is 0 Å². The molecule has 2 N–H and O–H groups in total. The van der Waals surface area contributed by atoms with E-state index in [-0.39, 0.29) is 0 Å². The van der Waals surface area contributed by atoms with E-state index in [0.717, 1.165) is 6.54 Å². The van der Waals surface area contributed by atoms with Crippen LogP contribution in [0.15, 0.2) is 18.2 Å². The molecule has 1 aromatic carbocycles. The van der Waals surface area contributed by atoms with Crippen LogP contribution in [0.2, 0.25) is 0 Å². The summed E-state index contributed by atoms with van der Waals surface area (Å²) in [5.41, 5.74) is 10.2. The molecular weight excluding hydrogens is 220 g/mol. The average Bonchev–Trinajstić information content (AvgIpc) is 2.64. The fraction of sp³-hybridized carbons (Fsp3) is 0.625. The van der Waals surface area contributed by atoms with Crippen LogP contribution in [0.3, 0.4) is 0 Å². The van der Waals surface area contributed by atoms with Gasteiger partial charge in [0.25, 0.3) is 0 Å². The zero-order valence-corrected chi connectivity index (χ0v) is 11.8. The monoisotopic (exact) mass is 246 g/mol. The van der Waals surface area contributed by atoms with Crippen molar-refractivity contribution in [3.63, 3.8) is 0 Å². The molecule has 0 spiro atoms. The maximum Gasteiger partial charge on any atom is 0.0470 e. The van der Waals surface area contributed by atoms with Crippen molar-refractivity contribution in [1.82, 2.24) is 4.90 Å². The molecule has 1 aliphatic heterocycles. The predicted octanol–water partition coefficient (Wildman–Crippen LogP) is 3.18. The smallest absolute Gasteiger partial charge is 0.0470 e. The molecule has 18 heavy (non-hydrogen) atoms.